The molecule has 1 fully saturated rings. The van der Waals surface area contributed by atoms with Gasteiger partial charge in [-0.15, -0.1) is 0 Å². The molecule has 0 spiro atoms. The maximum atomic E-state index is 12.0. The van der Waals surface area contributed by atoms with Gasteiger partial charge in [-0.1, -0.05) is 13.8 Å². The van der Waals surface area contributed by atoms with Gasteiger partial charge < -0.3 is 5.32 Å². The maximum Gasteiger partial charge on any atom is 0.328 e. The van der Waals surface area contributed by atoms with Crippen molar-refractivity contribution in [1.29, 1.82) is 0 Å². The van der Waals surface area contributed by atoms with Gasteiger partial charge in [-0.05, 0) is 31.7 Å². The average Bonchev–Trinajstić information content (AvgIpc) is 3.08. The van der Waals surface area contributed by atoms with Gasteiger partial charge in [-0.2, -0.15) is 0 Å². The summed E-state index contributed by atoms with van der Waals surface area (Å²) in [4.78, 5) is 12.0. The highest BCUT2D eigenvalue weighted by atomic mass is 16.1. The number of aromatic nitrogens is 2. The summed E-state index contributed by atoms with van der Waals surface area (Å²) in [6.45, 7) is 6.93. The Morgan fingerprint density at radius 2 is 2.12 bits per heavy atom. The molecule has 1 atom stereocenters. The molecule has 0 radical (unpaired) electrons. The fourth-order valence-corrected chi connectivity index (χ4v) is 2.06. The summed E-state index contributed by atoms with van der Waals surface area (Å²) in [5.74, 6) is 0.505. The molecule has 96 valence electrons. The van der Waals surface area contributed by atoms with Crippen molar-refractivity contribution in [2.24, 2.45) is 5.92 Å². The van der Waals surface area contributed by atoms with Crippen LogP contribution in [0.15, 0.2) is 17.2 Å². The molecule has 1 aliphatic rings. The summed E-state index contributed by atoms with van der Waals surface area (Å²) in [6.07, 6.45) is 7.44. The monoisotopic (exact) mass is 237 g/mol. The number of rotatable bonds is 7. The van der Waals surface area contributed by atoms with Crippen LogP contribution in [0.3, 0.4) is 0 Å². The number of nitrogens with zero attached hydrogens (tertiary/aromatic N) is 2. The van der Waals surface area contributed by atoms with Crippen LogP contribution in [-0.4, -0.2) is 21.7 Å². The summed E-state index contributed by atoms with van der Waals surface area (Å²) in [7, 11) is 0. The van der Waals surface area contributed by atoms with Gasteiger partial charge in [0.1, 0.15) is 0 Å². The maximum absolute atomic E-state index is 12.0. The lowest BCUT2D eigenvalue weighted by atomic mass is 10.2. The zero-order valence-electron chi connectivity index (χ0n) is 10.9. The Labute approximate surface area is 103 Å². The molecule has 0 saturated heterocycles. The molecule has 4 heteroatoms. The fraction of sp³-hybridized carbons (Fsp3) is 0.769. The molecule has 0 aliphatic heterocycles. The first-order valence-corrected chi connectivity index (χ1v) is 6.69. The second-order valence-corrected chi connectivity index (χ2v) is 5.21. The SMILES string of the molecule is CCCn1ccn(CC(C)CNC2CC2)c1=O. The Morgan fingerprint density at radius 1 is 1.41 bits per heavy atom. The van der Waals surface area contributed by atoms with Crippen LogP contribution < -0.4 is 11.0 Å². The zero-order valence-corrected chi connectivity index (χ0v) is 10.9. The van der Waals surface area contributed by atoms with Crippen LogP contribution in [0.25, 0.3) is 0 Å². The van der Waals surface area contributed by atoms with E-state index in [9.17, 15) is 4.79 Å². The van der Waals surface area contributed by atoms with Gasteiger partial charge in [0.05, 0.1) is 0 Å². The molecule has 4 nitrogen and oxygen atoms in total. The molecule has 0 amide bonds. The summed E-state index contributed by atoms with van der Waals surface area (Å²) < 4.78 is 3.62. The van der Waals surface area contributed by atoms with Gasteiger partial charge in [0, 0.05) is 31.5 Å². The van der Waals surface area contributed by atoms with Crippen molar-refractivity contribution in [2.45, 2.75) is 52.2 Å². The average molecular weight is 237 g/mol. The van der Waals surface area contributed by atoms with Crippen LogP contribution in [0.2, 0.25) is 0 Å². The second kappa shape index (κ2) is 5.54. The predicted octanol–water partition coefficient (Wildman–Crippen LogP) is 1.45. The van der Waals surface area contributed by atoms with Crippen LogP contribution >= 0.6 is 0 Å². The Hall–Kier alpha value is -1.03. The summed E-state index contributed by atoms with van der Waals surface area (Å²) in [6, 6.07) is 0.749. The van der Waals surface area contributed by atoms with E-state index in [2.05, 4.69) is 19.2 Å². The Bertz CT molecular complexity index is 403. The van der Waals surface area contributed by atoms with E-state index in [1.165, 1.54) is 12.8 Å². The highest BCUT2D eigenvalue weighted by molar-refractivity contribution is 4.84. The van der Waals surface area contributed by atoms with Crippen LogP contribution in [-0.2, 0) is 13.1 Å². The minimum Gasteiger partial charge on any atom is -0.314 e. The van der Waals surface area contributed by atoms with Gasteiger partial charge in [-0.25, -0.2) is 4.79 Å². The molecule has 1 aromatic rings. The lowest BCUT2D eigenvalue weighted by Gasteiger charge is -2.12. The number of imidazole rings is 1. The first-order valence-electron chi connectivity index (χ1n) is 6.69. The zero-order chi connectivity index (χ0) is 12.3. The number of nitrogens with one attached hydrogen (secondary N) is 1. The van der Waals surface area contributed by atoms with E-state index < -0.39 is 0 Å². The van der Waals surface area contributed by atoms with E-state index in [0.29, 0.717) is 5.92 Å². The van der Waals surface area contributed by atoms with E-state index in [4.69, 9.17) is 0 Å². The Kier molecular flexibility index (Phi) is 4.05. The number of hydrogen-bond donors (Lipinski definition) is 1. The molecule has 0 bridgehead atoms. The van der Waals surface area contributed by atoms with Crippen molar-refractivity contribution in [3.8, 4) is 0 Å². The van der Waals surface area contributed by atoms with Crippen LogP contribution in [0.1, 0.15) is 33.1 Å². The minimum atomic E-state index is 0.130. The van der Waals surface area contributed by atoms with Gasteiger partial charge in [-0.3, -0.25) is 9.13 Å². The summed E-state index contributed by atoms with van der Waals surface area (Å²) in [5.41, 5.74) is 0.130. The van der Waals surface area contributed by atoms with Gasteiger partial charge in [0.2, 0.25) is 0 Å². The van der Waals surface area contributed by atoms with Crippen molar-refractivity contribution in [1.82, 2.24) is 14.5 Å². The third-order valence-electron chi connectivity index (χ3n) is 3.22. The standard InChI is InChI=1S/C13H23N3O/c1-3-6-15-7-8-16(13(15)17)10-11(2)9-14-12-4-5-12/h7-8,11-12,14H,3-6,9-10H2,1-2H3. The van der Waals surface area contributed by atoms with Gasteiger partial charge in [0.15, 0.2) is 0 Å². The lowest BCUT2D eigenvalue weighted by molar-refractivity contribution is 0.433. The summed E-state index contributed by atoms with van der Waals surface area (Å²) in [5, 5.41) is 3.51. The molecular formula is C13H23N3O. The lowest BCUT2D eigenvalue weighted by Crippen LogP contribution is -2.30. The van der Waals surface area contributed by atoms with Gasteiger partial charge >= 0.3 is 5.69 Å². The van der Waals surface area contributed by atoms with Crippen LogP contribution in [0, 0.1) is 5.92 Å². The molecular weight excluding hydrogens is 214 g/mol. The van der Waals surface area contributed by atoms with Crippen molar-refractivity contribution in [2.75, 3.05) is 6.54 Å². The fourth-order valence-electron chi connectivity index (χ4n) is 2.06. The number of hydrogen-bond acceptors (Lipinski definition) is 2. The van der Waals surface area contributed by atoms with E-state index in [1.807, 2.05) is 17.0 Å². The van der Waals surface area contributed by atoms with Crippen molar-refractivity contribution in [3.63, 3.8) is 0 Å². The largest absolute Gasteiger partial charge is 0.328 e. The quantitative estimate of drug-likeness (QED) is 0.779. The Balaban J connectivity index is 1.86. The first kappa shape index (κ1) is 12.4. The van der Waals surface area contributed by atoms with Crippen molar-refractivity contribution >= 4 is 0 Å². The van der Waals surface area contributed by atoms with E-state index in [-0.39, 0.29) is 5.69 Å². The number of aryl methyl sites for hydroxylation is 1. The van der Waals surface area contributed by atoms with Crippen molar-refractivity contribution in [3.05, 3.63) is 22.9 Å². The topological polar surface area (TPSA) is 39.0 Å². The van der Waals surface area contributed by atoms with Crippen LogP contribution in [0.5, 0.6) is 0 Å². The first-order chi connectivity index (χ1) is 8.20. The van der Waals surface area contributed by atoms with E-state index >= 15 is 0 Å². The highest BCUT2D eigenvalue weighted by Gasteiger charge is 2.21. The van der Waals surface area contributed by atoms with Gasteiger partial charge in [0.25, 0.3) is 0 Å². The minimum absolute atomic E-state index is 0.130. The molecule has 1 unspecified atom stereocenters. The molecule has 1 N–H and O–H groups in total. The molecule has 1 aliphatic carbocycles. The highest BCUT2D eigenvalue weighted by Crippen LogP contribution is 2.18. The van der Waals surface area contributed by atoms with E-state index in [0.717, 1.165) is 32.1 Å². The molecule has 1 aromatic heterocycles. The molecule has 17 heavy (non-hydrogen) atoms. The summed E-state index contributed by atoms with van der Waals surface area (Å²) >= 11 is 0. The Morgan fingerprint density at radius 3 is 2.76 bits per heavy atom. The third kappa shape index (κ3) is 3.46. The third-order valence-corrected chi connectivity index (χ3v) is 3.22. The second-order valence-electron chi connectivity index (χ2n) is 5.21. The predicted molar refractivity (Wildman–Crippen MR) is 69.2 cm³/mol. The molecule has 0 aromatic carbocycles. The molecule has 2 rings (SSSR count). The normalized spacial score (nSPS) is 17.3. The molecule has 1 heterocycles. The van der Waals surface area contributed by atoms with Crippen molar-refractivity contribution < 1.29 is 0 Å². The van der Waals surface area contributed by atoms with Crippen LogP contribution in [0.4, 0.5) is 0 Å². The molecule has 1 saturated carbocycles. The van der Waals surface area contributed by atoms with E-state index in [1.54, 1.807) is 4.57 Å². The smallest absolute Gasteiger partial charge is 0.314 e.